The smallest absolute Gasteiger partial charge is 0.216 e. The number of ether oxygens (including phenoxy) is 1. The minimum atomic E-state index is -0.794. The first-order chi connectivity index (χ1) is 9.61. The summed E-state index contributed by atoms with van der Waals surface area (Å²) in [6.07, 6.45) is 1.76. The van der Waals surface area contributed by atoms with Gasteiger partial charge in [-0.1, -0.05) is 30.3 Å². The normalized spacial score (nSPS) is 26.3. The average Bonchev–Trinajstić information content (AvgIpc) is 3.09. The molecule has 1 saturated heterocycles. The van der Waals surface area contributed by atoms with Crippen LogP contribution in [0.4, 0.5) is 0 Å². The minimum Gasteiger partial charge on any atom is -0.356 e. The molecule has 1 heterocycles. The summed E-state index contributed by atoms with van der Waals surface area (Å²) < 4.78 is 5.62. The largest absolute Gasteiger partial charge is 0.356 e. The van der Waals surface area contributed by atoms with Crippen molar-refractivity contribution in [1.29, 1.82) is 0 Å². The molecule has 0 bridgehead atoms. The van der Waals surface area contributed by atoms with Gasteiger partial charge in [0.05, 0.1) is 6.61 Å². The fourth-order valence-electron chi connectivity index (χ4n) is 3.37. The molecular weight excluding hydrogens is 252 g/mol. The van der Waals surface area contributed by atoms with E-state index in [1.165, 1.54) is 12.8 Å². The van der Waals surface area contributed by atoms with E-state index >= 15 is 0 Å². The van der Waals surface area contributed by atoms with Crippen molar-refractivity contribution in [2.45, 2.75) is 31.9 Å². The molecule has 1 aliphatic carbocycles. The molecule has 2 atom stereocenters. The van der Waals surface area contributed by atoms with E-state index in [-0.39, 0.29) is 0 Å². The summed E-state index contributed by atoms with van der Waals surface area (Å²) in [6.45, 7) is 2.30. The van der Waals surface area contributed by atoms with Crippen LogP contribution in [0.1, 0.15) is 18.4 Å². The Morgan fingerprint density at radius 2 is 2.05 bits per heavy atom. The molecule has 4 heteroatoms. The molecule has 1 N–H and O–H groups in total. The van der Waals surface area contributed by atoms with Crippen LogP contribution in [0.25, 0.3) is 0 Å². The lowest BCUT2D eigenvalue weighted by Crippen LogP contribution is -2.39. The maximum atomic E-state index is 10.3. The molecule has 3 rings (SSSR count). The number of aliphatic hydroxyl groups excluding tert-OH is 1. The second-order valence-corrected chi connectivity index (χ2v) is 6.39. The second-order valence-electron chi connectivity index (χ2n) is 6.39. The average molecular weight is 276 g/mol. The molecule has 0 radical (unpaired) electrons. The minimum absolute atomic E-state index is 0.403. The lowest BCUT2D eigenvalue weighted by atomic mass is 10.0. The number of likely N-dealkylation sites (tertiary alicyclic amines) is 1. The molecule has 110 valence electrons. The fourth-order valence-corrected chi connectivity index (χ4v) is 3.37. The van der Waals surface area contributed by atoms with Gasteiger partial charge in [0.15, 0.2) is 0 Å². The van der Waals surface area contributed by atoms with Gasteiger partial charge in [-0.25, -0.2) is 0 Å². The third-order valence-corrected chi connectivity index (χ3v) is 4.70. The number of nitrogens with zero attached hydrogens (tertiary/aromatic N) is 2. The molecule has 20 heavy (non-hydrogen) atoms. The first kappa shape index (κ1) is 14.0. The molecule has 2 fully saturated rings. The zero-order chi connectivity index (χ0) is 14.2. The molecular formula is C16H24N2O2. The van der Waals surface area contributed by atoms with Gasteiger partial charge in [-0.15, -0.1) is 0 Å². The Morgan fingerprint density at radius 1 is 1.35 bits per heavy atom. The maximum Gasteiger partial charge on any atom is 0.216 e. The molecule has 2 unspecified atom stereocenters. The summed E-state index contributed by atoms with van der Waals surface area (Å²) >= 11 is 0. The standard InChI is InChI=1S/C16H24N2O2/c1-17(2)14-10-18(12-16(14)8-9-16)15(19)20-11-13-6-4-3-5-7-13/h3-7,14-15,19H,8-12H2,1-2H3. The third kappa shape index (κ3) is 2.74. The van der Waals surface area contributed by atoms with Gasteiger partial charge in [-0.05, 0) is 32.5 Å². The Balaban J connectivity index is 1.55. The van der Waals surface area contributed by atoms with E-state index in [0.29, 0.717) is 18.1 Å². The lowest BCUT2D eigenvalue weighted by Gasteiger charge is -2.25. The highest BCUT2D eigenvalue weighted by atomic mass is 16.6. The van der Waals surface area contributed by atoms with Crippen molar-refractivity contribution in [2.24, 2.45) is 5.41 Å². The molecule has 2 aliphatic rings. The van der Waals surface area contributed by atoms with Crippen LogP contribution < -0.4 is 0 Å². The van der Waals surface area contributed by atoms with Gasteiger partial charge in [0.25, 0.3) is 0 Å². The van der Waals surface area contributed by atoms with Gasteiger partial charge < -0.3 is 14.7 Å². The highest BCUT2D eigenvalue weighted by Crippen LogP contribution is 2.54. The molecule has 1 aliphatic heterocycles. The number of hydrogen-bond donors (Lipinski definition) is 1. The van der Waals surface area contributed by atoms with Crippen molar-refractivity contribution in [3.05, 3.63) is 35.9 Å². The van der Waals surface area contributed by atoms with Crippen LogP contribution in [0.5, 0.6) is 0 Å². The van der Waals surface area contributed by atoms with E-state index in [4.69, 9.17) is 4.74 Å². The number of aliphatic hydroxyl groups is 1. The molecule has 1 spiro atoms. The van der Waals surface area contributed by atoms with E-state index in [0.717, 1.165) is 18.7 Å². The fraction of sp³-hybridized carbons (Fsp3) is 0.625. The van der Waals surface area contributed by atoms with Crippen molar-refractivity contribution in [2.75, 3.05) is 27.2 Å². The highest BCUT2D eigenvalue weighted by Gasteiger charge is 2.56. The van der Waals surface area contributed by atoms with Gasteiger partial charge in [0.1, 0.15) is 0 Å². The summed E-state index contributed by atoms with van der Waals surface area (Å²) in [5, 5.41) is 10.3. The predicted octanol–water partition coefficient (Wildman–Crippen LogP) is 1.51. The Kier molecular flexibility index (Phi) is 3.82. The summed E-state index contributed by atoms with van der Waals surface area (Å²) in [7, 11) is 4.26. The van der Waals surface area contributed by atoms with Crippen molar-refractivity contribution in [1.82, 2.24) is 9.80 Å². The number of rotatable bonds is 5. The van der Waals surface area contributed by atoms with E-state index in [1.54, 1.807) is 0 Å². The monoisotopic (exact) mass is 276 g/mol. The van der Waals surface area contributed by atoms with Crippen LogP contribution in [0.2, 0.25) is 0 Å². The lowest BCUT2D eigenvalue weighted by molar-refractivity contribution is -0.195. The van der Waals surface area contributed by atoms with Gasteiger partial charge in [-0.2, -0.15) is 0 Å². The first-order valence-electron chi connectivity index (χ1n) is 7.35. The Labute approximate surface area is 120 Å². The van der Waals surface area contributed by atoms with E-state index < -0.39 is 6.41 Å². The Bertz CT molecular complexity index is 445. The number of hydrogen-bond acceptors (Lipinski definition) is 4. The van der Waals surface area contributed by atoms with E-state index in [9.17, 15) is 5.11 Å². The van der Waals surface area contributed by atoms with Gasteiger partial charge in [0, 0.05) is 24.5 Å². The third-order valence-electron chi connectivity index (χ3n) is 4.70. The quantitative estimate of drug-likeness (QED) is 0.827. The molecule has 1 aromatic rings. The van der Waals surface area contributed by atoms with Crippen LogP contribution in [0.15, 0.2) is 30.3 Å². The maximum absolute atomic E-state index is 10.3. The van der Waals surface area contributed by atoms with Crippen LogP contribution in [0.3, 0.4) is 0 Å². The van der Waals surface area contributed by atoms with Crippen LogP contribution in [0, 0.1) is 5.41 Å². The molecule has 1 aromatic carbocycles. The van der Waals surface area contributed by atoms with Gasteiger partial charge in [-0.3, -0.25) is 4.90 Å². The Morgan fingerprint density at radius 3 is 2.60 bits per heavy atom. The van der Waals surface area contributed by atoms with Crippen LogP contribution >= 0.6 is 0 Å². The topological polar surface area (TPSA) is 35.9 Å². The Hall–Kier alpha value is -0.940. The van der Waals surface area contributed by atoms with Crippen molar-refractivity contribution in [3.8, 4) is 0 Å². The van der Waals surface area contributed by atoms with E-state index in [2.05, 4.69) is 23.9 Å². The summed E-state index contributed by atoms with van der Waals surface area (Å²) in [4.78, 5) is 4.36. The predicted molar refractivity (Wildman–Crippen MR) is 78.0 cm³/mol. The van der Waals surface area contributed by atoms with Crippen molar-refractivity contribution >= 4 is 0 Å². The molecule has 0 amide bonds. The summed E-state index contributed by atoms with van der Waals surface area (Å²) in [5.41, 5.74) is 1.50. The molecule has 1 saturated carbocycles. The highest BCUT2D eigenvalue weighted by molar-refractivity contribution is 5.13. The molecule has 0 aromatic heterocycles. The zero-order valence-corrected chi connectivity index (χ0v) is 12.3. The van der Waals surface area contributed by atoms with Gasteiger partial charge in [0.2, 0.25) is 6.41 Å². The van der Waals surface area contributed by atoms with Crippen LogP contribution in [-0.2, 0) is 11.3 Å². The van der Waals surface area contributed by atoms with Crippen molar-refractivity contribution in [3.63, 3.8) is 0 Å². The number of likely N-dealkylation sites (N-methyl/N-ethyl adjacent to an activating group) is 1. The zero-order valence-electron chi connectivity index (χ0n) is 12.3. The van der Waals surface area contributed by atoms with E-state index in [1.807, 2.05) is 30.3 Å². The molecule has 4 nitrogen and oxygen atoms in total. The van der Waals surface area contributed by atoms with Crippen molar-refractivity contribution < 1.29 is 9.84 Å². The van der Waals surface area contributed by atoms with Gasteiger partial charge >= 0.3 is 0 Å². The summed E-state index contributed by atoms with van der Waals surface area (Å²) in [6, 6.07) is 10.5. The first-order valence-corrected chi connectivity index (χ1v) is 7.35. The number of benzene rings is 1. The summed E-state index contributed by atoms with van der Waals surface area (Å²) in [5.74, 6) is 0. The SMILES string of the molecule is CN(C)C1CN(C(O)OCc2ccccc2)CC12CC2. The van der Waals surface area contributed by atoms with Crippen LogP contribution in [-0.4, -0.2) is 54.5 Å². The second kappa shape index (κ2) is 5.45.